The number of piperidine rings is 1. The molecule has 1 saturated carbocycles. The van der Waals surface area contributed by atoms with Gasteiger partial charge in [-0.15, -0.1) is 0 Å². The number of aryl methyl sites for hydroxylation is 2. The molecular formula is C26H35N3O4S. The maximum Gasteiger partial charge on any atom is 0.248 e. The van der Waals surface area contributed by atoms with Crippen molar-refractivity contribution in [1.82, 2.24) is 14.8 Å². The van der Waals surface area contributed by atoms with E-state index in [0.29, 0.717) is 31.0 Å². The van der Waals surface area contributed by atoms with Crippen LogP contribution in [0.25, 0.3) is 12.2 Å². The maximum absolute atomic E-state index is 13.6. The van der Waals surface area contributed by atoms with Crippen molar-refractivity contribution >= 4 is 28.1 Å². The molecule has 0 spiro atoms. The minimum atomic E-state index is -3.85. The van der Waals surface area contributed by atoms with E-state index >= 15 is 0 Å². The predicted octanol–water partition coefficient (Wildman–Crippen LogP) is 4.56. The molecule has 7 nitrogen and oxygen atoms in total. The highest BCUT2D eigenvalue weighted by Gasteiger charge is 2.37. The smallest absolute Gasteiger partial charge is 0.248 e. The Morgan fingerprint density at radius 3 is 2.50 bits per heavy atom. The van der Waals surface area contributed by atoms with Crippen LogP contribution in [0.4, 0.5) is 0 Å². The molecule has 1 aromatic heterocycles. The molecule has 34 heavy (non-hydrogen) atoms. The summed E-state index contributed by atoms with van der Waals surface area (Å²) in [6.45, 7) is 6.47. The third-order valence-corrected chi connectivity index (χ3v) is 9.08. The first-order chi connectivity index (χ1) is 16.2. The second-order valence-electron chi connectivity index (χ2n) is 9.87. The Hall–Kier alpha value is -2.45. The summed E-state index contributed by atoms with van der Waals surface area (Å²) < 4.78 is 34.0. The first-order valence-electron chi connectivity index (χ1n) is 12.3. The Morgan fingerprint density at radius 2 is 1.79 bits per heavy atom. The Labute approximate surface area is 202 Å². The number of amides is 1. The van der Waals surface area contributed by atoms with Crippen molar-refractivity contribution in [3.05, 3.63) is 46.8 Å². The average molecular weight is 486 g/mol. The number of carbonyl (C=O) groups is 1. The summed E-state index contributed by atoms with van der Waals surface area (Å²) >= 11 is 0. The van der Waals surface area contributed by atoms with Gasteiger partial charge in [0.25, 0.3) is 0 Å². The molecule has 1 atom stereocenters. The van der Waals surface area contributed by atoms with Crippen LogP contribution in [-0.4, -0.2) is 42.9 Å². The van der Waals surface area contributed by atoms with Crippen LogP contribution in [0.15, 0.2) is 33.7 Å². The fraction of sp³-hybridized carbons (Fsp3) is 0.538. The van der Waals surface area contributed by atoms with Gasteiger partial charge < -0.3 is 9.84 Å². The lowest BCUT2D eigenvalue weighted by atomic mass is 9.87. The van der Waals surface area contributed by atoms with Gasteiger partial charge in [-0.1, -0.05) is 48.0 Å². The second-order valence-corrected chi connectivity index (χ2v) is 11.7. The average Bonchev–Trinajstić information content (AvgIpc) is 3.21. The zero-order valence-corrected chi connectivity index (χ0v) is 21.1. The Morgan fingerprint density at radius 1 is 1.09 bits per heavy atom. The van der Waals surface area contributed by atoms with Gasteiger partial charge in [-0.25, -0.2) is 8.42 Å². The van der Waals surface area contributed by atoms with Gasteiger partial charge in [0.1, 0.15) is 5.69 Å². The molecule has 1 unspecified atom stereocenters. The van der Waals surface area contributed by atoms with Crippen LogP contribution in [0, 0.1) is 25.7 Å². The first-order valence-corrected chi connectivity index (χ1v) is 13.7. The zero-order valence-electron chi connectivity index (χ0n) is 20.3. The minimum absolute atomic E-state index is 0.0269. The van der Waals surface area contributed by atoms with Crippen LogP contribution in [0.5, 0.6) is 0 Å². The highest BCUT2D eigenvalue weighted by molar-refractivity contribution is 7.89. The second kappa shape index (κ2) is 10.4. The topological polar surface area (TPSA) is 92.5 Å². The highest BCUT2D eigenvalue weighted by atomic mass is 32.2. The molecule has 2 fully saturated rings. The number of hydrogen-bond donors (Lipinski definition) is 1. The highest BCUT2D eigenvalue weighted by Crippen LogP contribution is 2.30. The molecule has 1 aliphatic carbocycles. The Kier molecular flexibility index (Phi) is 7.57. The summed E-state index contributed by atoms with van der Waals surface area (Å²) in [6, 6.07) is 8.12. The molecule has 4 rings (SSSR count). The van der Waals surface area contributed by atoms with Gasteiger partial charge in [0.05, 0.1) is 5.92 Å². The lowest BCUT2D eigenvalue weighted by molar-refractivity contribution is -0.127. The van der Waals surface area contributed by atoms with Gasteiger partial charge >= 0.3 is 0 Å². The standard InChI is InChI=1S/C26H35N3O4S/c1-18-6-10-21(11-7-18)12-15-24-25(20(3)28-33-24)34(31,32)29-16-4-5-22(17-29)26(30)27-23-13-8-19(2)9-14-23/h6-7,10-12,15,19,22-23H,4-5,8-9,13-14,16-17H2,1-3H3,(H,27,30)/b15-12+. The van der Waals surface area contributed by atoms with Gasteiger partial charge in [0.15, 0.2) is 10.7 Å². The van der Waals surface area contributed by atoms with Gasteiger partial charge in [-0.2, -0.15) is 4.31 Å². The number of rotatable bonds is 6. The van der Waals surface area contributed by atoms with Crippen LogP contribution in [0.2, 0.25) is 0 Å². The molecule has 1 saturated heterocycles. The van der Waals surface area contributed by atoms with E-state index in [0.717, 1.165) is 36.8 Å². The molecular weight excluding hydrogens is 450 g/mol. The molecule has 184 valence electrons. The van der Waals surface area contributed by atoms with Crippen molar-refractivity contribution in [3.63, 3.8) is 0 Å². The molecule has 1 N–H and O–H groups in total. The van der Waals surface area contributed by atoms with E-state index in [-0.39, 0.29) is 35.1 Å². The normalized spacial score (nSPS) is 24.4. The fourth-order valence-electron chi connectivity index (χ4n) is 4.88. The molecule has 1 amide bonds. The molecule has 8 heteroatoms. The van der Waals surface area contributed by atoms with Crippen LogP contribution < -0.4 is 5.32 Å². The zero-order chi connectivity index (χ0) is 24.3. The lowest BCUT2D eigenvalue weighted by Crippen LogP contribution is -2.48. The van der Waals surface area contributed by atoms with Crippen molar-refractivity contribution in [2.45, 2.75) is 70.2 Å². The molecule has 0 bridgehead atoms. The van der Waals surface area contributed by atoms with Crippen LogP contribution in [0.3, 0.4) is 0 Å². The van der Waals surface area contributed by atoms with Crippen molar-refractivity contribution < 1.29 is 17.7 Å². The van der Waals surface area contributed by atoms with Crippen LogP contribution in [0.1, 0.15) is 68.0 Å². The van der Waals surface area contributed by atoms with Crippen LogP contribution in [-0.2, 0) is 14.8 Å². The van der Waals surface area contributed by atoms with Gasteiger partial charge in [0.2, 0.25) is 15.9 Å². The van der Waals surface area contributed by atoms with Crippen molar-refractivity contribution in [2.75, 3.05) is 13.1 Å². The van der Waals surface area contributed by atoms with E-state index in [1.807, 2.05) is 37.3 Å². The first kappa shape index (κ1) is 24.7. The summed E-state index contributed by atoms with van der Waals surface area (Å²) in [5.74, 6) is 0.557. The summed E-state index contributed by atoms with van der Waals surface area (Å²) in [5, 5.41) is 7.11. The third-order valence-electron chi connectivity index (χ3n) is 7.05. The Balaban J connectivity index is 1.48. The molecule has 1 aliphatic heterocycles. The summed E-state index contributed by atoms with van der Waals surface area (Å²) in [5.41, 5.74) is 2.42. The number of hydrogen-bond acceptors (Lipinski definition) is 5. The predicted molar refractivity (Wildman–Crippen MR) is 132 cm³/mol. The van der Waals surface area contributed by atoms with Crippen LogP contribution >= 0.6 is 0 Å². The summed E-state index contributed by atoms with van der Waals surface area (Å²) in [6.07, 6.45) is 9.06. The van der Waals surface area contributed by atoms with E-state index in [4.69, 9.17) is 4.52 Å². The van der Waals surface area contributed by atoms with E-state index in [9.17, 15) is 13.2 Å². The van der Waals surface area contributed by atoms with Crippen molar-refractivity contribution in [1.29, 1.82) is 0 Å². The largest absolute Gasteiger partial charge is 0.355 e. The third kappa shape index (κ3) is 5.61. The Bertz CT molecular complexity index is 1130. The molecule has 1 aromatic carbocycles. The maximum atomic E-state index is 13.6. The fourth-order valence-corrected chi connectivity index (χ4v) is 6.65. The number of carbonyl (C=O) groups excluding carboxylic acids is 1. The SMILES string of the molecule is Cc1ccc(/C=C/c2onc(C)c2S(=O)(=O)N2CCCC(C(=O)NC3CCC(C)CC3)C2)cc1. The van der Waals surface area contributed by atoms with E-state index in [1.165, 1.54) is 4.31 Å². The number of nitrogens with one attached hydrogen (secondary N) is 1. The van der Waals surface area contributed by atoms with Crippen molar-refractivity contribution in [3.8, 4) is 0 Å². The number of aromatic nitrogens is 1. The monoisotopic (exact) mass is 485 g/mol. The number of benzene rings is 1. The van der Waals surface area contributed by atoms with E-state index in [2.05, 4.69) is 17.4 Å². The lowest BCUT2D eigenvalue weighted by Gasteiger charge is -2.33. The van der Waals surface area contributed by atoms with Crippen molar-refractivity contribution in [2.24, 2.45) is 11.8 Å². The summed E-state index contributed by atoms with van der Waals surface area (Å²) in [4.78, 5) is 13.0. The van der Waals surface area contributed by atoms with Gasteiger partial charge in [-0.05, 0) is 69.9 Å². The minimum Gasteiger partial charge on any atom is -0.355 e. The van der Waals surface area contributed by atoms with Gasteiger partial charge in [0, 0.05) is 19.1 Å². The number of nitrogens with zero attached hydrogens (tertiary/aromatic N) is 2. The molecule has 2 aliphatic rings. The molecule has 0 radical (unpaired) electrons. The van der Waals surface area contributed by atoms with E-state index in [1.54, 1.807) is 13.0 Å². The van der Waals surface area contributed by atoms with E-state index < -0.39 is 10.0 Å². The summed E-state index contributed by atoms with van der Waals surface area (Å²) in [7, 11) is -3.85. The molecule has 2 heterocycles. The quantitative estimate of drug-likeness (QED) is 0.648. The molecule has 2 aromatic rings. The number of sulfonamides is 1. The van der Waals surface area contributed by atoms with Gasteiger partial charge in [-0.3, -0.25) is 4.79 Å².